The van der Waals surface area contributed by atoms with Crippen LogP contribution in [0.15, 0.2) is 29.2 Å². The summed E-state index contributed by atoms with van der Waals surface area (Å²) in [5.41, 5.74) is 2.05. The van der Waals surface area contributed by atoms with Crippen LogP contribution >= 0.6 is 11.6 Å². The zero-order chi connectivity index (χ0) is 21.7. The minimum absolute atomic E-state index is 0.00517. The van der Waals surface area contributed by atoms with E-state index in [0.29, 0.717) is 29.3 Å². The fourth-order valence-corrected chi connectivity index (χ4v) is 8.20. The lowest BCUT2D eigenvalue weighted by molar-refractivity contribution is 0.143. The monoisotopic (exact) mass is 470 g/mol. The van der Waals surface area contributed by atoms with Crippen molar-refractivity contribution in [2.45, 2.75) is 53.9 Å². The number of rotatable bonds is 5. The van der Waals surface area contributed by atoms with E-state index >= 15 is 0 Å². The van der Waals surface area contributed by atoms with E-state index in [1.165, 1.54) is 5.56 Å². The van der Waals surface area contributed by atoms with E-state index in [-0.39, 0.29) is 17.6 Å². The zero-order valence-electron chi connectivity index (χ0n) is 17.9. The van der Waals surface area contributed by atoms with Gasteiger partial charge in [-0.3, -0.25) is 4.21 Å². The Morgan fingerprint density at radius 1 is 1.12 bits per heavy atom. The van der Waals surface area contributed by atoms with E-state index in [2.05, 4.69) is 22.3 Å². The number of aromatic nitrogens is 2. The highest BCUT2D eigenvalue weighted by Gasteiger charge is 2.58. The Morgan fingerprint density at radius 2 is 1.84 bits per heavy atom. The number of aliphatic hydroxyl groups is 1. The van der Waals surface area contributed by atoms with Gasteiger partial charge in [0.2, 0.25) is 5.95 Å². The van der Waals surface area contributed by atoms with Gasteiger partial charge < -0.3 is 15.3 Å². The van der Waals surface area contributed by atoms with Crippen molar-refractivity contribution >= 4 is 34.2 Å². The Balaban J connectivity index is 1.19. The van der Waals surface area contributed by atoms with Gasteiger partial charge in [0.15, 0.2) is 0 Å². The maximum atomic E-state index is 13.0. The molecule has 5 aliphatic rings. The molecule has 3 aliphatic carbocycles. The summed E-state index contributed by atoms with van der Waals surface area (Å²) in [5.74, 6) is 4.00. The molecule has 0 radical (unpaired) electrons. The molecule has 1 aromatic heterocycles. The number of benzene rings is 1. The molecule has 2 unspecified atom stereocenters. The summed E-state index contributed by atoms with van der Waals surface area (Å²) in [6, 6.07) is 8.28. The SMILES string of the molecule is O=[S@]1CC2(CC2)c2nc(N3CC4C(C3)C4c3ccc(Cl)cc3)nc(NC3(CO)CCC3)c21. The third kappa shape index (κ3) is 2.83. The van der Waals surface area contributed by atoms with Crippen molar-refractivity contribution in [3.63, 3.8) is 0 Å². The number of aliphatic hydroxyl groups excluding tert-OH is 1. The van der Waals surface area contributed by atoms with Crippen molar-refractivity contribution in [1.29, 1.82) is 0 Å². The number of halogens is 1. The van der Waals surface area contributed by atoms with E-state index in [4.69, 9.17) is 21.6 Å². The lowest BCUT2D eigenvalue weighted by Crippen LogP contribution is -2.48. The number of fused-ring (bicyclic) bond motifs is 3. The molecule has 2 aliphatic heterocycles. The van der Waals surface area contributed by atoms with Crippen LogP contribution in [0.2, 0.25) is 5.02 Å². The molecule has 3 atom stereocenters. The summed E-state index contributed by atoms with van der Waals surface area (Å²) in [5, 5.41) is 14.3. The fraction of sp³-hybridized carbons (Fsp3) is 0.583. The summed E-state index contributed by atoms with van der Waals surface area (Å²) in [6.45, 7) is 1.99. The predicted octanol–water partition coefficient (Wildman–Crippen LogP) is 3.46. The molecule has 3 heterocycles. The number of nitrogens with one attached hydrogen (secondary N) is 1. The molecule has 2 aromatic rings. The van der Waals surface area contributed by atoms with Crippen molar-refractivity contribution in [3.8, 4) is 0 Å². The van der Waals surface area contributed by atoms with Crippen LogP contribution in [0, 0.1) is 11.8 Å². The van der Waals surface area contributed by atoms with E-state index < -0.39 is 10.8 Å². The Kier molecular flexibility index (Phi) is 4.12. The van der Waals surface area contributed by atoms with Crippen LogP contribution in [-0.2, 0) is 16.2 Å². The van der Waals surface area contributed by atoms with Gasteiger partial charge in [-0.2, -0.15) is 4.98 Å². The van der Waals surface area contributed by atoms with Gasteiger partial charge in [-0.25, -0.2) is 4.98 Å². The van der Waals surface area contributed by atoms with E-state index in [1.54, 1.807) is 0 Å². The molecule has 4 fully saturated rings. The average Bonchev–Trinajstić information content (AvgIpc) is 3.61. The number of piperidine rings is 1. The van der Waals surface area contributed by atoms with Crippen LogP contribution in [0.1, 0.15) is 49.3 Å². The zero-order valence-corrected chi connectivity index (χ0v) is 19.5. The summed E-state index contributed by atoms with van der Waals surface area (Å²) >= 11 is 6.06. The highest BCUT2D eigenvalue weighted by Crippen LogP contribution is 2.60. The van der Waals surface area contributed by atoms with E-state index in [0.717, 1.165) is 66.8 Å². The van der Waals surface area contributed by atoms with Crippen molar-refractivity contribution in [3.05, 3.63) is 40.5 Å². The van der Waals surface area contributed by atoms with E-state index in [9.17, 15) is 9.32 Å². The molecular weight excluding hydrogens is 444 g/mol. The topological polar surface area (TPSA) is 78.4 Å². The molecule has 3 saturated carbocycles. The first-order valence-corrected chi connectivity index (χ1v) is 13.4. The number of hydrogen-bond acceptors (Lipinski definition) is 6. The van der Waals surface area contributed by atoms with Crippen LogP contribution in [0.4, 0.5) is 11.8 Å². The minimum Gasteiger partial charge on any atom is -0.394 e. The normalized spacial score (nSPS) is 32.4. The van der Waals surface area contributed by atoms with Gasteiger partial charge >= 0.3 is 0 Å². The predicted molar refractivity (Wildman–Crippen MR) is 125 cm³/mol. The standard InChI is InChI=1S/C24H27ClN4O2S/c25-15-4-2-14(3-5-15)18-16-10-29(11-17(16)18)22-26-20-19(32(31)13-23(20)8-9-23)21(27-22)28-24(12-30)6-1-7-24/h2-5,16-18,30H,1,6-13H2,(H,26,27,28)/t16?,17?,18?,32-/m0/s1. The third-order valence-electron chi connectivity index (χ3n) is 8.57. The maximum absolute atomic E-state index is 13.0. The van der Waals surface area contributed by atoms with Gasteiger partial charge in [-0.05, 0) is 67.6 Å². The summed E-state index contributed by atoms with van der Waals surface area (Å²) in [4.78, 5) is 13.1. The summed E-state index contributed by atoms with van der Waals surface area (Å²) in [6.07, 6.45) is 5.08. The smallest absolute Gasteiger partial charge is 0.227 e. The van der Waals surface area contributed by atoms with Crippen LogP contribution in [0.3, 0.4) is 0 Å². The highest BCUT2D eigenvalue weighted by molar-refractivity contribution is 7.85. The van der Waals surface area contributed by atoms with Gasteiger partial charge in [-0.15, -0.1) is 0 Å². The summed E-state index contributed by atoms with van der Waals surface area (Å²) in [7, 11) is -1.07. The van der Waals surface area contributed by atoms with Crippen LogP contribution in [0.5, 0.6) is 0 Å². The molecule has 6 nitrogen and oxygen atoms in total. The highest BCUT2D eigenvalue weighted by atomic mass is 35.5. The second-order valence-electron chi connectivity index (χ2n) is 10.5. The molecule has 1 spiro atoms. The molecule has 32 heavy (non-hydrogen) atoms. The maximum Gasteiger partial charge on any atom is 0.227 e. The second-order valence-corrected chi connectivity index (χ2v) is 12.4. The summed E-state index contributed by atoms with van der Waals surface area (Å²) < 4.78 is 13.0. The van der Waals surface area contributed by atoms with Gasteiger partial charge in [0.1, 0.15) is 10.7 Å². The molecule has 1 saturated heterocycles. The molecule has 0 bridgehead atoms. The van der Waals surface area contributed by atoms with E-state index in [1.807, 2.05) is 12.1 Å². The molecule has 2 N–H and O–H groups in total. The average molecular weight is 471 g/mol. The molecule has 168 valence electrons. The van der Waals surface area contributed by atoms with Crippen LogP contribution < -0.4 is 10.2 Å². The van der Waals surface area contributed by atoms with Crippen LogP contribution in [0.25, 0.3) is 0 Å². The fourth-order valence-electron chi connectivity index (χ4n) is 6.21. The Labute approximate surface area is 195 Å². The van der Waals surface area contributed by atoms with Crippen molar-refractivity contribution < 1.29 is 9.32 Å². The van der Waals surface area contributed by atoms with Gasteiger partial charge in [0.05, 0.1) is 28.6 Å². The largest absolute Gasteiger partial charge is 0.394 e. The first kappa shape index (κ1) is 19.7. The lowest BCUT2D eigenvalue weighted by Gasteiger charge is -2.41. The van der Waals surface area contributed by atoms with Gasteiger partial charge in [-0.1, -0.05) is 23.7 Å². The second kappa shape index (κ2) is 6.67. The number of anilines is 2. The third-order valence-corrected chi connectivity index (χ3v) is 10.5. The Hall–Kier alpha value is -1.70. The molecule has 7 rings (SSSR count). The first-order valence-electron chi connectivity index (χ1n) is 11.7. The van der Waals surface area contributed by atoms with Crippen molar-refractivity contribution in [1.82, 2.24) is 9.97 Å². The molecule has 1 aromatic carbocycles. The van der Waals surface area contributed by atoms with Gasteiger partial charge in [0.25, 0.3) is 0 Å². The van der Waals surface area contributed by atoms with Crippen molar-refractivity contribution in [2.24, 2.45) is 11.8 Å². The van der Waals surface area contributed by atoms with Crippen molar-refractivity contribution in [2.75, 3.05) is 35.7 Å². The quantitative estimate of drug-likeness (QED) is 0.696. The number of nitrogens with zero attached hydrogens (tertiary/aromatic N) is 3. The Morgan fingerprint density at radius 3 is 2.44 bits per heavy atom. The Bertz CT molecular complexity index is 1110. The molecule has 0 amide bonds. The number of hydrogen-bond donors (Lipinski definition) is 2. The van der Waals surface area contributed by atoms with Gasteiger partial charge in [0, 0.05) is 29.3 Å². The molecular formula is C24H27ClN4O2S. The lowest BCUT2D eigenvalue weighted by atomic mass is 9.77. The molecule has 8 heteroatoms. The minimum atomic E-state index is -1.07. The van der Waals surface area contributed by atoms with Crippen LogP contribution in [-0.4, -0.2) is 50.3 Å². The first-order chi connectivity index (χ1) is 15.5.